The highest BCUT2D eigenvalue weighted by Gasteiger charge is 2.20. The van der Waals surface area contributed by atoms with E-state index in [2.05, 4.69) is 93.2 Å². The Labute approximate surface area is 240 Å². The molecule has 208 valence electrons. The van der Waals surface area contributed by atoms with Gasteiger partial charge in [-0.3, -0.25) is 9.69 Å². The fourth-order valence-electron chi connectivity index (χ4n) is 5.08. The molecule has 39 heavy (non-hydrogen) atoms. The van der Waals surface area contributed by atoms with E-state index in [0.717, 1.165) is 19.7 Å². The third-order valence-corrected chi connectivity index (χ3v) is 8.14. The highest BCUT2D eigenvalue weighted by Crippen LogP contribution is 2.27. The van der Waals surface area contributed by atoms with Crippen molar-refractivity contribution in [3.8, 4) is 11.1 Å². The molecule has 4 N–H and O–H groups in total. The van der Waals surface area contributed by atoms with Crippen LogP contribution in [-0.2, 0) is 11.3 Å². The number of hydrogen-bond acceptors (Lipinski definition) is 6. The molecule has 1 saturated heterocycles. The van der Waals surface area contributed by atoms with Crippen molar-refractivity contribution < 1.29 is 9.53 Å². The molecule has 5 rings (SSSR count). The number of carbonyl (C=O) groups excluding carboxylic acids is 1. The highest BCUT2D eigenvalue weighted by atomic mass is 79.9. The lowest BCUT2D eigenvalue weighted by Gasteiger charge is -2.36. The Balaban J connectivity index is 0.000000270. The number of nitrogen functional groups attached to an aromatic ring is 1. The summed E-state index contributed by atoms with van der Waals surface area (Å²) in [6.07, 6.45) is 7.10. The predicted molar refractivity (Wildman–Crippen MR) is 161 cm³/mol. The summed E-state index contributed by atoms with van der Waals surface area (Å²) in [7, 11) is 2.21. The topological polar surface area (TPSA) is 97.7 Å². The van der Waals surface area contributed by atoms with Crippen LogP contribution in [-0.4, -0.2) is 60.0 Å². The second kappa shape index (κ2) is 14.0. The monoisotopic (exact) mass is 593 g/mol. The molecule has 2 aliphatic rings. The van der Waals surface area contributed by atoms with Crippen molar-refractivity contribution in [3.63, 3.8) is 0 Å². The first kappa shape index (κ1) is 29.2. The molecule has 2 aromatic carbocycles. The largest absolute Gasteiger partial charge is 0.383 e. The van der Waals surface area contributed by atoms with Gasteiger partial charge in [-0.15, -0.1) is 0 Å². The number of nitrogens with zero attached hydrogens (tertiary/aromatic N) is 3. The molecule has 0 radical (unpaired) electrons. The van der Waals surface area contributed by atoms with Gasteiger partial charge in [0.1, 0.15) is 5.82 Å². The molecule has 1 aromatic heterocycles. The molecule has 3 aromatic rings. The zero-order valence-corrected chi connectivity index (χ0v) is 24.6. The van der Waals surface area contributed by atoms with Gasteiger partial charge in [-0.05, 0) is 71.1 Å². The number of carbonyl (C=O) groups is 1. The van der Waals surface area contributed by atoms with Crippen LogP contribution in [0.1, 0.15) is 60.1 Å². The highest BCUT2D eigenvalue weighted by molar-refractivity contribution is 9.10. The lowest BCUT2D eigenvalue weighted by atomic mass is 9.99. The molecule has 1 unspecified atom stereocenters. The Morgan fingerprint density at radius 2 is 1.62 bits per heavy atom. The first-order valence-electron chi connectivity index (χ1n) is 13.7. The van der Waals surface area contributed by atoms with Crippen LogP contribution in [0.25, 0.3) is 11.1 Å². The molecule has 8 heteroatoms. The smallest absolute Gasteiger partial charge is 0.252 e. The molecule has 2 fully saturated rings. The van der Waals surface area contributed by atoms with Gasteiger partial charge in [-0.25, -0.2) is 4.98 Å². The van der Waals surface area contributed by atoms with Crippen molar-refractivity contribution in [2.45, 2.75) is 51.4 Å². The minimum Gasteiger partial charge on any atom is -0.383 e. The van der Waals surface area contributed by atoms with E-state index in [1.165, 1.54) is 73.3 Å². The van der Waals surface area contributed by atoms with E-state index in [1.807, 2.05) is 0 Å². The number of hydrogen-bond donors (Lipinski definition) is 2. The third kappa shape index (κ3) is 8.35. The summed E-state index contributed by atoms with van der Waals surface area (Å²) in [5.74, 6) is -0.419. The molecular weight excluding hydrogens is 554 g/mol. The number of amides is 1. The van der Waals surface area contributed by atoms with Crippen molar-refractivity contribution in [3.05, 3.63) is 82.0 Å². The Kier molecular flexibility index (Phi) is 10.5. The Morgan fingerprint density at radius 1 is 1.03 bits per heavy atom. The predicted octanol–water partition coefficient (Wildman–Crippen LogP) is 5.65. The van der Waals surface area contributed by atoms with Gasteiger partial charge in [0, 0.05) is 42.9 Å². The average Bonchev–Trinajstić information content (AvgIpc) is 3.48. The molecule has 1 saturated carbocycles. The van der Waals surface area contributed by atoms with E-state index in [9.17, 15) is 4.79 Å². The van der Waals surface area contributed by atoms with Crippen molar-refractivity contribution >= 4 is 27.7 Å². The van der Waals surface area contributed by atoms with Crippen molar-refractivity contribution in [1.82, 2.24) is 14.8 Å². The van der Waals surface area contributed by atoms with Crippen LogP contribution in [0, 0.1) is 0 Å². The van der Waals surface area contributed by atoms with Crippen LogP contribution in [0.5, 0.6) is 0 Å². The van der Waals surface area contributed by atoms with Crippen LogP contribution in [0.3, 0.4) is 0 Å². The van der Waals surface area contributed by atoms with Crippen LogP contribution >= 0.6 is 15.9 Å². The van der Waals surface area contributed by atoms with E-state index in [0.29, 0.717) is 16.6 Å². The minimum atomic E-state index is -0.573. The number of benzene rings is 2. The first-order valence-corrected chi connectivity index (χ1v) is 14.5. The summed E-state index contributed by atoms with van der Waals surface area (Å²) in [6.45, 7) is 7.72. The summed E-state index contributed by atoms with van der Waals surface area (Å²) in [6, 6.07) is 20.0. The second-order valence-corrected chi connectivity index (χ2v) is 11.4. The molecule has 0 spiro atoms. The molecular formula is C31H40BrN5O2. The third-order valence-electron chi connectivity index (χ3n) is 7.70. The Morgan fingerprint density at radius 3 is 2.18 bits per heavy atom. The molecule has 1 aliphatic heterocycles. The lowest BCUT2D eigenvalue weighted by molar-refractivity contribution is 0.0457. The van der Waals surface area contributed by atoms with Gasteiger partial charge in [-0.2, -0.15) is 0 Å². The number of nitrogens with two attached hydrogens (primary N) is 2. The van der Waals surface area contributed by atoms with Crippen LogP contribution < -0.4 is 11.5 Å². The lowest BCUT2D eigenvalue weighted by Crippen LogP contribution is -2.45. The van der Waals surface area contributed by atoms with E-state index in [-0.39, 0.29) is 11.4 Å². The second-order valence-electron chi connectivity index (χ2n) is 10.5. The minimum absolute atomic E-state index is 0.153. The van der Waals surface area contributed by atoms with E-state index in [4.69, 9.17) is 16.2 Å². The molecule has 0 bridgehead atoms. The van der Waals surface area contributed by atoms with Crippen LogP contribution in [0.15, 0.2) is 65.3 Å². The van der Waals surface area contributed by atoms with E-state index < -0.39 is 5.91 Å². The standard InChI is InChI=1S/C25H34N2O.C6H6BrN3O/c1-20(27-17-15-26(2)16-18-27)22-11-13-24(14-12-22)23-9-7-21(8-10-23)19-28-25-5-3-4-6-25;7-3-1-4(6(9)11)5(8)10-2-3/h7-14,20,25H,3-6,15-19H2,1-2H3;1-2H,(H2,8,10)(H2,9,11). The number of aromatic nitrogens is 1. The van der Waals surface area contributed by atoms with Gasteiger partial charge in [0.15, 0.2) is 0 Å². The summed E-state index contributed by atoms with van der Waals surface area (Å²) in [4.78, 5) is 19.4. The number of piperazine rings is 1. The first-order chi connectivity index (χ1) is 18.8. The maximum Gasteiger partial charge on any atom is 0.252 e. The summed E-state index contributed by atoms with van der Waals surface area (Å²) in [5.41, 5.74) is 15.9. The van der Waals surface area contributed by atoms with Gasteiger partial charge in [0.25, 0.3) is 5.91 Å². The number of anilines is 1. The molecule has 1 aliphatic carbocycles. The van der Waals surface area contributed by atoms with Crippen molar-refractivity contribution in [2.75, 3.05) is 39.0 Å². The number of ether oxygens (including phenoxy) is 1. The maximum absolute atomic E-state index is 10.7. The summed E-state index contributed by atoms with van der Waals surface area (Å²) >= 11 is 3.14. The van der Waals surface area contributed by atoms with Gasteiger partial charge in [0.2, 0.25) is 0 Å². The fraction of sp³-hybridized carbons (Fsp3) is 0.419. The van der Waals surface area contributed by atoms with Crippen molar-refractivity contribution in [2.24, 2.45) is 5.73 Å². The quantitative estimate of drug-likeness (QED) is 0.367. The molecule has 2 heterocycles. The zero-order valence-electron chi connectivity index (χ0n) is 23.0. The van der Waals surface area contributed by atoms with Crippen LogP contribution in [0.2, 0.25) is 0 Å². The zero-order chi connectivity index (χ0) is 27.8. The molecule has 1 atom stereocenters. The maximum atomic E-state index is 10.7. The number of pyridine rings is 1. The Bertz CT molecular complexity index is 1200. The fourth-order valence-corrected chi connectivity index (χ4v) is 5.42. The normalized spacial score (nSPS) is 17.4. The van der Waals surface area contributed by atoms with Crippen LogP contribution in [0.4, 0.5) is 5.82 Å². The van der Waals surface area contributed by atoms with Gasteiger partial charge < -0.3 is 21.1 Å². The summed E-state index contributed by atoms with van der Waals surface area (Å²) < 4.78 is 6.71. The number of primary amides is 1. The van der Waals surface area contributed by atoms with Gasteiger partial charge in [0.05, 0.1) is 18.3 Å². The number of halogens is 1. The van der Waals surface area contributed by atoms with Crippen molar-refractivity contribution in [1.29, 1.82) is 0 Å². The van der Waals surface area contributed by atoms with E-state index in [1.54, 1.807) is 0 Å². The summed E-state index contributed by atoms with van der Waals surface area (Å²) in [5, 5.41) is 0. The molecule has 1 amide bonds. The number of likely N-dealkylation sites (N-methyl/N-ethyl adjacent to an activating group) is 1. The SMILES string of the molecule is CC(c1ccc(-c2ccc(COC3CCCC3)cc2)cc1)N1CCN(C)CC1.NC(=O)c1cc(Br)cnc1N. The van der Waals surface area contributed by atoms with Gasteiger partial charge >= 0.3 is 0 Å². The molecule has 7 nitrogen and oxygen atoms in total. The number of rotatable bonds is 7. The van der Waals surface area contributed by atoms with Gasteiger partial charge in [-0.1, -0.05) is 61.4 Å². The average molecular weight is 595 g/mol. The Hall–Kier alpha value is -2.78. The van der Waals surface area contributed by atoms with E-state index >= 15 is 0 Å².